The van der Waals surface area contributed by atoms with Crippen LogP contribution in [0, 0.1) is 5.92 Å². The maximum Gasteiger partial charge on any atom is 0.248 e. The van der Waals surface area contributed by atoms with Crippen molar-refractivity contribution in [3.63, 3.8) is 0 Å². The van der Waals surface area contributed by atoms with E-state index in [9.17, 15) is 14.7 Å². The standard InChI is InChI=1S/C27H28N2O4/c30-24-14-8-7-13-23(24)28-27(32)22-15-17-29(18-16-22)25(31)19-33-26(20-9-3-1-4-10-20)21-11-5-2-6-12-21/h1-14,22,26,30H,15-19H2,(H,28,32). The lowest BCUT2D eigenvalue weighted by Crippen LogP contribution is -2.43. The number of aromatic hydroxyl groups is 1. The average molecular weight is 445 g/mol. The van der Waals surface area contributed by atoms with Crippen LogP contribution < -0.4 is 5.32 Å². The fourth-order valence-electron chi connectivity index (χ4n) is 4.09. The van der Waals surface area contributed by atoms with E-state index < -0.39 is 0 Å². The lowest BCUT2D eigenvalue weighted by atomic mass is 9.95. The van der Waals surface area contributed by atoms with E-state index in [2.05, 4.69) is 5.32 Å². The minimum absolute atomic E-state index is 0.0246. The molecular weight excluding hydrogens is 416 g/mol. The highest BCUT2D eigenvalue weighted by Gasteiger charge is 2.28. The number of anilines is 1. The molecule has 4 rings (SSSR count). The molecule has 0 atom stereocenters. The van der Waals surface area contributed by atoms with Crippen LogP contribution in [0.25, 0.3) is 0 Å². The number of amides is 2. The van der Waals surface area contributed by atoms with Gasteiger partial charge in [0.15, 0.2) is 0 Å². The first-order chi connectivity index (χ1) is 16.1. The number of hydrogen-bond donors (Lipinski definition) is 2. The minimum Gasteiger partial charge on any atom is -0.506 e. The number of nitrogens with one attached hydrogen (secondary N) is 1. The summed E-state index contributed by atoms with van der Waals surface area (Å²) in [5, 5.41) is 12.6. The van der Waals surface area contributed by atoms with Crippen LogP contribution in [0.15, 0.2) is 84.9 Å². The van der Waals surface area contributed by atoms with Gasteiger partial charge in [-0.25, -0.2) is 0 Å². The molecule has 1 heterocycles. The first kappa shape index (κ1) is 22.6. The van der Waals surface area contributed by atoms with Gasteiger partial charge in [-0.05, 0) is 36.1 Å². The fraction of sp³-hybridized carbons (Fsp3) is 0.259. The number of rotatable bonds is 7. The van der Waals surface area contributed by atoms with Crippen molar-refractivity contribution in [1.82, 2.24) is 4.90 Å². The molecule has 170 valence electrons. The Morgan fingerprint density at radius 1 is 0.879 bits per heavy atom. The van der Waals surface area contributed by atoms with Gasteiger partial charge in [0.2, 0.25) is 11.8 Å². The van der Waals surface area contributed by atoms with Crippen LogP contribution in [0.2, 0.25) is 0 Å². The zero-order valence-corrected chi connectivity index (χ0v) is 18.4. The Bertz CT molecular complexity index is 1020. The van der Waals surface area contributed by atoms with Crippen LogP contribution in [0.3, 0.4) is 0 Å². The van der Waals surface area contributed by atoms with Gasteiger partial charge in [-0.1, -0.05) is 72.8 Å². The van der Waals surface area contributed by atoms with Gasteiger partial charge in [0.05, 0.1) is 5.69 Å². The number of hydrogen-bond acceptors (Lipinski definition) is 4. The molecule has 0 unspecified atom stereocenters. The second kappa shape index (κ2) is 10.8. The molecule has 0 bridgehead atoms. The molecule has 6 heteroatoms. The van der Waals surface area contributed by atoms with Gasteiger partial charge < -0.3 is 20.1 Å². The zero-order chi connectivity index (χ0) is 23.0. The van der Waals surface area contributed by atoms with E-state index in [0.717, 1.165) is 11.1 Å². The molecule has 3 aromatic carbocycles. The molecule has 1 aliphatic heterocycles. The third kappa shape index (κ3) is 5.79. The highest BCUT2D eigenvalue weighted by molar-refractivity contribution is 5.94. The van der Waals surface area contributed by atoms with Crippen molar-refractivity contribution >= 4 is 17.5 Å². The molecule has 1 fully saturated rings. The first-order valence-electron chi connectivity index (χ1n) is 11.2. The second-order valence-corrected chi connectivity index (χ2v) is 8.17. The Balaban J connectivity index is 1.31. The largest absolute Gasteiger partial charge is 0.506 e. The molecule has 0 saturated carbocycles. The maximum atomic E-state index is 12.8. The maximum absolute atomic E-state index is 12.8. The lowest BCUT2D eigenvalue weighted by Gasteiger charge is -2.32. The van der Waals surface area contributed by atoms with E-state index in [4.69, 9.17) is 4.74 Å². The summed E-state index contributed by atoms with van der Waals surface area (Å²) >= 11 is 0. The molecule has 33 heavy (non-hydrogen) atoms. The monoisotopic (exact) mass is 444 g/mol. The average Bonchev–Trinajstić information content (AvgIpc) is 2.87. The number of likely N-dealkylation sites (tertiary alicyclic amines) is 1. The van der Waals surface area contributed by atoms with E-state index in [1.807, 2.05) is 60.7 Å². The predicted octanol–water partition coefficient (Wildman–Crippen LogP) is 4.38. The number of nitrogens with zero attached hydrogens (tertiary/aromatic N) is 1. The summed E-state index contributed by atoms with van der Waals surface area (Å²) in [4.78, 5) is 27.2. The summed E-state index contributed by atoms with van der Waals surface area (Å²) in [6.45, 7) is 0.980. The number of phenolic OH excluding ortho intramolecular Hbond substituents is 1. The van der Waals surface area contributed by atoms with Crippen molar-refractivity contribution in [2.45, 2.75) is 18.9 Å². The quantitative estimate of drug-likeness (QED) is 0.530. The molecule has 2 amide bonds. The van der Waals surface area contributed by atoms with E-state index in [1.54, 1.807) is 23.1 Å². The van der Waals surface area contributed by atoms with Crippen LogP contribution in [-0.4, -0.2) is 41.5 Å². The summed E-state index contributed by atoms with van der Waals surface area (Å²) in [7, 11) is 0. The van der Waals surface area contributed by atoms with E-state index in [0.29, 0.717) is 31.6 Å². The summed E-state index contributed by atoms with van der Waals surface area (Å²) in [6.07, 6.45) is 0.830. The van der Waals surface area contributed by atoms with Crippen molar-refractivity contribution in [2.75, 3.05) is 25.0 Å². The van der Waals surface area contributed by atoms with Crippen LogP contribution in [-0.2, 0) is 14.3 Å². The summed E-state index contributed by atoms with van der Waals surface area (Å²) in [5.74, 6) is -0.363. The Morgan fingerprint density at radius 3 is 2.00 bits per heavy atom. The van der Waals surface area contributed by atoms with Gasteiger partial charge in [0.25, 0.3) is 0 Å². The summed E-state index contributed by atoms with van der Waals surface area (Å²) in [5.41, 5.74) is 2.40. The van der Waals surface area contributed by atoms with Gasteiger partial charge in [0.1, 0.15) is 18.5 Å². The molecule has 3 aromatic rings. The van der Waals surface area contributed by atoms with Crippen molar-refractivity contribution in [1.29, 1.82) is 0 Å². The van der Waals surface area contributed by atoms with E-state index >= 15 is 0 Å². The van der Waals surface area contributed by atoms with Crippen molar-refractivity contribution < 1.29 is 19.4 Å². The second-order valence-electron chi connectivity index (χ2n) is 8.17. The van der Waals surface area contributed by atoms with E-state index in [1.165, 1.54) is 6.07 Å². The van der Waals surface area contributed by atoms with Crippen molar-refractivity contribution in [3.05, 3.63) is 96.1 Å². The zero-order valence-electron chi connectivity index (χ0n) is 18.4. The van der Waals surface area contributed by atoms with Crippen LogP contribution in [0.4, 0.5) is 5.69 Å². The molecule has 0 spiro atoms. The minimum atomic E-state index is -0.321. The van der Waals surface area contributed by atoms with Crippen LogP contribution in [0.1, 0.15) is 30.1 Å². The molecule has 2 N–H and O–H groups in total. The van der Waals surface area contributed by atoms with Crippen LogP contribution >= 0.6 is 0 Å². The summed E-state index contributed by atoms with van der Waals surface area (Å²) < 4.78 is 6.10. The smallest absolute Gasteiger partial charge is 0.248 e. The highest BCUT2D eigenvalue weighted by atomic mass is 16.5. The number of phenols is 1. The third-order valence-corrected chi connectivity index (χ3v) is 5.96. The number of piperidine rings is 1. The molecule has 1 saturated heterocycles. The molecule has 6 nitrogen and oxygen atoms in total. The van der Waals surface area contributed by atoms with Gasteiger partial charge in [0, 0.05) is 19.0 Å². The molecule has 0 aliphatic carbocycles. The molecule has 0 aromatic heterocycles. The fourth-order valence-corrected chi connectivity index (χ4v) is 4.09. The van der Waals surface area contributed by atoms with Gasteiger partial charge >= 0.3 is 0 Å². The Morgan fingerprint density at radius 2 is 1.42 bits per heavy atom. The highest BCUT2D eigenvalue weighted by Crippen LogP contribution is 2.27. The number of carbonyl (C=O) groups excluding carboxylic acids is 2. The topological polar surface area (TPSA) is 78.9 Å². The Kier molecular flexibility index (Phi) is 7.37. The van der Waals surface area contributed by atoms with Crippen LogP contribution in [0.5, 0.6) is 5.75 Å². The third-order valence-electron chi connectivity index (χ3n) is 5.96. The van der Waals surface area contributed by atoms with Gasteiger partial charge in [-0.15, -0.1) is 0 Å². The molecule has 0 radical (unpaired) electrons. The lowest BCUT2D eigenvalue weighted by molar-refractivity contribution is -0.140. The van der Waals surface area contributed by atoms with Gasteiger partial charge in [-0.3, -0.25) is 9.59 Å². The molecular formula is C27H28N2O4. The number of para-hydroxylation sites is 2. The normalized spacial score (nSPS) is 14.3. The SMILES string of the molecule is O=C(Nc1ccccc1O)C1CCN(C(=O)COC(c2ccccc2)c2ccccc2)CC1. The first-order valence-corrected chi connectivity index (χ1v) is 11.2. The van der Waals surface area contributed by atoms with E-state index in [-0.39, 0.29) is 36.2 Å². The number of ether oxygens (including phenoxy) is 1. The summed E-state index contributed by atoms with van der Waals surface area (Å²) in [6, 6.07) is 26.4. The molecule has 1 aliphatic rings. The number of carbonyl (C=O) groups is 2. The number of benzene rings is 3. The predicted molar refractivity (Wildman–Crippen MR) is 127 cm³/mol. The van der Waals surface area contributed by atoms with Gasteiger partial charge in [-0.2, -0.15) is 0 Å². The van der Waals surface area contributed by atoms with Crippen molar-refractivity contribution in [3.8, 4) is 5.75 Å². The Hall–Kier alpha value is -3.64. The Labute approximate surface area is 193 Å². The van der Waals surface area contributed by atoms with Crippen molar-refractivity contribution in [2.24, 2.45) is 5.92 Å².